The molecular formula is C9H13CaNO3. The van der Waals surface area contributed by atoms with Crippen LogP contribution in [0.3, 0.4) is 0 Å². The zero-order chi connectivity index (χ0) is 9.84. The molecule has 1 unspecified atom stereocenters. The minimum absolute atomic E-state index is 0. The Hall–Kier alpha value is -0.290. The molecule has 14 heavy (non-hydrogen) atoms. The zero-order valence-electron chi connectivity index (χ0n) is 6.97. The summed E-state index contributed by atoms with van der Waals surface area (Å²) in [5.41, 5.74) is 6.12. The molecule has 1 aromatic carbocycles. The molecule has 0 bridgehead atoms. The van der Waals surface area contributed by atoms with Gasteiger partial charge in [-0.15, -0.1) is 0 Å². The molecule has 1 atom stereocenters. The van der Waals surface area contributed by atoms with Gasteiger partial charge in [0.1, 0.15) is 11.8 Å². The van der Waals surface area contributed by atoms with Gasteiger partial charge in [-0.05, 0) is 24.1 Å². The molecule has 4 N–H and O–H groups in total. The predicted molar refractivity (Wildman–Crippen MR) is 56.0 cm³/mol. The second-order valence-electron chi connectivity index (χ2n) is 2.82. The third-order valence-electron chi connectivity index (χ3n) is 1.71. The first kappa shape index (κ1) is 13.7. The van der Waals surface area contributed by atoms with Crippen LogP contribution in [-0.4, -0.2) is 60.0 Å². The summed E-state index contributed by atoms with van der Waals surface area (Å²) < 4.78 is 0. The van der Waals surface area contributed by atoms with E-state index in [1.807, 2.05) is 0 Å². The van der Waals surface area contributed by atoms with E-state index in [0.717, 1.165) is 5.56 Å². The Morgan fingerprint density at radius 2 is 1.86 bits per heavy atom. The molecule has 5 heteroatoms. The van der Waals surface area contributed by atoms with E-state index in [4.69, 9.17) is 15.9 Å². The van der Waals surface area contributed by atoms with E-state index < -0.39 is 12.0 Å². The molecule has 0 aliphatic heterocycles. The first-order valence-corrected chi connectivity index (χ1v) is 3.86. The Morgan fingerprint density at radius 1 is 1.36 bits per heavy atom. The summed E-state index contributed by atoms with van der Waals surface area (Å²) >= 11 is 0. The summed E-state index contributed by atoms with van der Waals surface area (Å²) in [7, 11) is 0. The molecule has 0 fully saturated rings. The van der Waals surface area contributed by atoms with Crippen LogP contribution in [0.4, 0.5) is 0 Å². The average Bonchev–Trinajstić information content (AvgIpc) is 2.08. The number of carboxylic acid groups (broad SMARTS) is 1. The SMILES string of the molecule is NC(Cc1ccc(O)cc1)C(=O)O.[CaH2]. The molecule has 0 aliphatic carbocycles. The van der Waals surface area contributed by atoms with Crippen LogP contribution in [0.25, 0.3) is 0 Å². The Kier molecular flexibility index (Phi) is 6.11. The monoisotopic (exact) mass is 223 g/mol. The molecule has 0 aliphatic rings. The van der Waals surface area contributed by atoms with Gasteiger partial charge in [0.25, 0.3) is 0 Å². The number of carboxylic acids is 1. The van der Waals surface area contributed by atoms with Crippen molar-refractivity contribution in [3.63, 3.8) is 0 Å². The molecule has 1 aromatic rings. The number of nitrogens with two attached hydrogens (primary N) is 1. The minimum atomic E-state index is -1.02. The zero-order valence-corrected chi connectivity index (χ0v) is 6.97. The first-order valence-electron chi connectivity index (χ1n) is 3.86. The molecular weight excluding hydrogens is 210 g/mol. The van der Waals surface area contributed by atoms with Crippen molar-refractivity contribution in [2.24, 2.45) is 5.73 Å². The van der Waals surface area contributed by atoms with E-state index in [0.29, 0.717) is 0 Å². The first-order chi connectivity index (χ1) is 6.09. The van der Waals surface area contributed by atoms with Crippen LogP contribution in [0.1, 0.15) is 5.56 Å². The van der Waals surface area contributed by atoms with Gasteiger partial charge in [-0.3, -0.25) is 4.79 Å². The molecule has 0 saturated heterocycles. The average molecular weight is 223 g/mol. The third kappa shape index (κ3) is 4.28. The van der Waals surface area contributed by atoms with E-state index in [-0.39, 0.29) is 49.9 Å². The molecule has 0 spiro atoms. The van der Waals surface area contributed by atoms with Crippen molar-refractivity contribution in [3.8, 4) is 5.75 Å². The predicted octanol–water partition coefficient (Wildman–Crippen LogP) is -0.570. The molecule has 0 amide bonds. The normalized spacial score (nSPS) is 11.5. The molecule has 0 saturated carbocycles. The van der Waals surface area contributed by atoms with Crippen LogP contribution in [0.2, 0.25) is 0 Å². The summed E-state index contributed by atoms with van der Waals surface area (Å²) in [6.45, 7) is 0. The van der Waals surface area contributed by atoms with Crippen molar-refractivity contribution in [2.45, 2.75) is 12.5 Å². The van der Waals surface area contributed by atoms with Gasteiger partial charge in [0.05, 0.1) is 0 Å². The number of rotatable bonds is 3. The van der Waals surface area contributed by atoms with E-state index in [1.54, 1.807) is 12.1 Å². The van der Waals surface area contributed by atoms with Crippen LogP contribution in [0.5, 0.6) is 5.75 Å². The molecule has 0 heterocycles. The fourth-order valence-electron chi connectivity index (χ4n) is 0.973. The summed E-state index contributed by atoms with van der Waals surface area (Å²) in [5.74, 6) is -0.860. The number of benzene rings is 1. The third-order valence-corrected chi connectivity index (χ3v) is 1.71. The number of aliphatic carboxylic acids is 1. The summed E-state index contributed by atoms with van der Waals surface area (Å²) in [6, 6.07) is 5.42. The van der Waals surface area contributed by atoms with Crippen LogP contribution in [-0.2, 0) is 11.2 Å². The molecule has 1 rings (SSSR count). The standard InChI is InChI=1S/C9H11NO3.Ca.2H/c10-8(9(12)13)5-6-1-3-7(11)4-2-6;;;/h1-4,8,11H,5,10H2,(H,12,13);;;. The van der Waals surface area contributed by atoms with Crippen molar-refractivity contribution < 1.29 is 15.0 Å². The second kappa shape index (κ2) is 6.24. The fraction of sp³-hybridized carbons (Fsp3) is 0.222. The van der Waals surface area contributed by atoms with Gasteiger partial charge in [0.15, 0.2) is 0 Å². The molecule has 4 nitrogen and oxygen atoms in total. The van der Waals surface area contributed by atoms with E-state index >= 15 is 0 Å². The fourth-order valence-corrected chi connectivity index (χ4v) is 0.973. The number of carbonyl (C=O) groups is 1. The van der Waals surface area contributed by atoms with Crippen molar-refractivity contribution in [1.29, 1.82) is 0 Å². The second-order valence-corrected chi connectivity index (χ2v) is 2.82. The quantitative estimate of drug-likeness (QED) is 0.599. The Morgan fingerprint density at radius 3 is 2.29 bits per heavy atom. The van der Waals surface area contributed by atoms with Gasteiger partial charge in [0, 0.05) is 0 Å². The van der Waals surface area contributed by atoms with Crippen LogP contribution in [0.15, 0.2) is 24.3 Å². The van der Waals surface area contributed by atoms with Gasteiger partial charge in [-0.1, -0.05) is 12.1 Å². The summed E-state index contributed by atoms with van der Waals surface area (Å²) in [6.07, 6.45) is 0.273. The summed E-state index contributed by atoms with van der Waals surface area (Å²) in [5, 5.41) is 17.5. The maximum absolute atomic E-state index is 10.4. The Balaban J connectivity index is 0.00000169. The van der Waals surface area contributed by atoms with Gasteiger partial charge < -0.3 is 15.9 Å². The number of phenolic OH excluding ortho intramolecular Hbond substituents is 1. The van der Waals surface area contributed by atoms with Crippen molar-refractivity contribution in [2.75, 3.05) is 0 Å². The molecule has 74 valence electrons. The molecule has 0 radical (unpaired) electrons. The Labute approximate surface area is 112 Å². The number of hydrogen-bond donors (Lipinski definition) is 3. The van der Waals surface area contributed by atoms with Gasteiger partial charge >= 0.3 is 43.7 Å². The van der Waals surface area contributed by atoms with Gasteiger partial charge in [0.2, 0.25) is 0 Å². The number of phenols is 1. The van der Waals surface area contributed by atoms with Crippen molar-refractivity contribution >= 4 is 43.7 Å². The van der Waals surface area contributed by atoms with Crippen molar-refractivity contribution in [1.82, 2.24) is 0 Å². The van der Waals surface area contributed by atoms with Crippen molar-refractivity contribution in [3.05, 3.63) is 29.8 Å². The number of aromatic hydroxyl groups is 1. The van der Waals surface area contributed by atoms with Crippen LogP contribution >= 0.6 is 0 Å². The summed E-state index contributed by atoms with van der Waals surface area (Å²) in [4.78, 5) is 10.4. The van der Waals surface area contributed by atoms with Gasteiger partial charge in [-0.25, -0.2) is 0 Å². The van der Waals surface area contributed by atoms with Crippen LogP contribution < -0.4 is 5.73 Å². The molecule has 0 aromatic heterocycles. The van der Waals surface area contributed by atoms with Crippen LogP contribution in [0, 0.1) is 0 Å². The van der Waals surface area contributed by atoms with E-state index in [2.05, 4.69) is 0 Å². The Bertz CT molecular complexity index is 299. The van der Waals surface area contributed by atoms with Gasteiger partial charge in [-0.2, -0.15) is 0 Å². The topological polar surface area (TPSA) is 83.5 Å². The van der Waals surface area contributed by atoms with E-state index in [9.17, 15) is 4.79 Å². The number of hydrogen-bond acceptors (Lipinski definition) is 3. The van der Waals surface area contributed by atoms with E-state index in [1.165, 1.54) is 12.1 Å². The maximum atomic E-state index is 10.4.